The fraction of sp³-hybridized carbons (Fsp3) is 0.200. The standard InChI is InChI=1S/C5H5.3ClH.Sb.Zr.H/c1-3-5-4-2;;;;;;/h1,3H,2H3;3*1H;;;/q-1;;;;;+4;/p-3. The average molecular weight is 385 g/mol. The third-order valence-corrected chi connectivity index (χ3v) is 3.28. The van der Waals surface area contributed by atoms with E-state index in [-0.39, 0.29) is 85.0 Å². The van der Waals surface area contributed by atoms with Gasteiger partial charge in [-0.3, -0.25) is 0 Å². The fourth-order valence-electron chi connectivity index (χ4n) is 0.375. The second kappa shape index (κ2) is 13.6. The molecule has 0 unspecified atom stereocenters. The van der Waals surface area contributed by atoms with Crippen LogP contribution in [0.5, 0.6) is 0 Å². The molecule has 56 valence electrons. The van der Waals surface area contributed by atoms with Gasteiger partial charge in [-0.1, -0.05) is 0 Å². The minimum absolute atomic E-state index is 0. The molecule has 0 amide bonds. The first kappa shape index (κ1) is 22.7. The van der Waals surface area contributed by atoms with E-state index in [1.54, 1.807) is 0 Å². The molecule has 0 saturated heterocycles. The molecule has 0 atom stereocenters. The van der Waals surface area contributed by atoms with Gasteiger partial charge in [0.2, 0.25) is 0 Å². The molecule has 0 fully saturated rings. The molecule has 1 heterocycles. The van der Waals surface area contributed by atoms with E-state index < -0.39 is 0 Å². The van der Waals surface area contributed by atoms with E-state index in [2.05, 4.69) is 17.0 Å². The molecular weight excluding hydrogens is 379 g/mol. The van der Waals surface area contributed by atoms with Crippen LogP contribution in [0, 0.1) is 6.08 Å². The first-order chi connectivity index (χ1) is 2.89. The molecule has 1 rings (SSSR count). The normalized spacial score (nSPS) is 11.1. The zero-order valence-electron chi connectivity index (χ0n) is 5.29. The Hall–Kier alpha value is 2.05. The predicted molar refractivity (Wildman–Crippen MR) is 28.7 cm³/mol. The van der Waals surface area contributed by atoms with Crippen molar-refractivity contribution in [2.45, 2.75) is 6.92 Å². The van der Waals surface area contributed by atoms with Crippen LogP contribution >= 0.6 is 0 Å². The Morgan fingerprint density at radius 2 is 1.80 bits per heavy atom. The SMILES string of the molecule is C[C]1=[C-]C=[CH][SbH]1.[Cl-].[Cl-].[Cl-].[Zr+4]. The summed E-state index contributed by atoms with van der Waals surface area (Å²) >= 11 is -0.136. The van der Waals surface area contributed by atoms with Gasteiger partial charge < -0.3 is 37.2 Å². The van der Waals surface area contributed by atoms with Crippen LogP contribution in [-0.2, 0) is 26.2 Å². The zero-order valence-corrected chi connectivity index (χ0v) is 12.9. The van der Waals surface area contributed by atoms with Gasteiger partial charge in [-0.2, -0.15) is 0 Å². The van der Waals surface area contributed by atoms with E-state index in [4.69, 9.17) is 0 Å². The molecule has 0 N–H and O–H groups in total. The van der Waals surface area contributed by atoms with E-state index in [1.165, 1.54) is 3.52 Å². The topological polar surface area (TPSA) is 0 Å². The summed E-state index contributed by atoms with van der Waals surface area (Å²) in [6, 6.07) is 0. The maximum atomic E-state index is 3.13. The fourth-order valence-corrected chi connectivity index (χ4v) is 2.04. The number of hydrogen-bond acceptors (Lipinski definition) is 0. The summed E-state index contributed by atoms with van der Waals surface area (Å²) in [6.45, 7) is 2.16. The number of halogens is 3. The van der Waals surface area contributed by atoms with Gasteiger partial charge in [0, 0.05) is 0 Å². The third kappa shape index (κ3) is 10.1. The maximum Gasteiger partial charge on any atom is 4.00 e. The molecule has 0 nitrogen and oxygen atoms in total. The van der Waals surface area contributed by atoms with Gasteiger partial charge in [0.25, 0.3) is 0 Å². The molecule has 0 spiro atoms. The summed E-state index contributed by atoms with van der Waals surface area (Å²) in [4.78, 5) is 0. The Bertz CT molecular complexity index is 113. The summed E-state index contributed by atoms with van der Waals surface area (Å²) in [5, 5.41) is 0. The molecule has 1 aliphatic heterocycles. The van der Waals surface area contributed by atoms with Gasteiger partial charge in [-0.25, -0.2) is 0 Å². The van der Waals surface area contributed by atoms with Crippen LogP contribution in [0.1, 0.15) is 6.92 Å². The van der Waals surface area contributed by atoms with Crippen molar-refractivity contribution < 1.29 is 63.4 Å². The maximum absolute atomic E-state index is 3.13. The average Bonchev–Trinajstić information content (AvgIpc) is 1.86. The van der Waals surface area contributed by atoms with Gasteiger partial charge in [0.1, 0.15) is 0 Å². The Kier molecular flexibility index (Phi) is 30.9. The first-order valence-electron chi connectivity index (χ1n) is 1.91. The van der Waals surface area contributed by atoms with Gasteiger partial charge in [0.15, 0.2) is 0 Å². The van der Waals surface area contributed by atoms with Crippen molar-refractivity contribution in [1.82, 2.24) is 0 Å². The summed E-state index contributed by atoms with van der Waals surface area (Å²) in [7, 11) is 0. The van der Waals surface area contributed by atoms with Crippen LogP contribution < -0.4 is 37.2 Å². The van der Waals surface area contributed by atoms with Crippen LogP contribution in [0.25, 0.3) is 0 Å². The number of allylic oxidation sites excluding steroid dienone is 3. The molecule has 0 radical (unpaired) electrons. The zero-order chi connectivity index (χ0) is 4.41. The molecule has 0 aromatic rings. The van der Waals surface area contributed by atoms with E-state index in [1.807, 2.05) is 6.08 Å². The monoisotopic (exact) mass is 382 g/mol. The molecular formula is C5H6Cl3SbZr. The molecule has 0 saturated carbocycles. The summed E-state index contributed by atoms with van der Waals surface area (Å²) in [6.07, 6.45) is 5.17. The van der Waals surface area contributed by atoms with Crippen molar-refractivity contribution >= 4 is 21.6 Å². The molecule has 0 aromatic heterocycles. The van der Waals surface area contributed by atoms with Gasteiger partial charge in [-0.15, -0.1) is 0 Å². The Morgan fingerprint density at radius 1 is 1.30 bits per heavy atom. The second-order valence-electron chi connectivity index (χ2n) is 1.25. The summed E-state index contributed by atoms with van der Waals surface area (Å²) in [5.74, 6) is 0. The van der Waals surface area contributed by atoms with Crippen molar-refractivity contribution in [3.05, 3.63) is 19.7 Å². The van der Waals surface area contributed by atoms with E-state index in [0.29, 0.717) is 0 Å². The van der Waals surface area contributed by atoms with Crippen LogP contribution in [0.2, 0.25) is 0 Å². The minimum Gasteiger partial charge on any atom is -1.00 e. The second-order valence-corrected chi connectivity index (χ2v) is 5.16. The van der Waals surface area contributed by atoms with E-state index >= 15 is 0 Å². The molecule has 0 aliphatic carbocycles. The predicted octanol–water partition coefficient (Wildman–Crippen LogP) is -8.33. The van der Waals surface area contributed by atoms with Crippen LogP contribution in [0.15, 0.2) is 13.6 Å². The largest absolute Gasteiger partial charge is 4.00 e. The van der Waals surface area contributed by atoms with Crippen LogP contribution in [-0.4, -0.2) is 21.6 Å². The Morgan fingerprint density at radius 3 is 1.90 bits per heavy atom. The summed E-state index contributed by atoms with van der Waals surface area (Å²) < 4.78 is 3.79. The smallest absolute Gasteiger partial charge is 1.00 e. The Balaban J connectivity index is -0.0000000450. The van der Waals surface area contributed by atoms with Crippen LogP contribution in [0.3, 0.4) is 0 Å². The van der Waals surface area contributed by atoms with Crippen LogP contribution in [0.4, 0.5) is 0 Å². The Labute approximate surface area is 110 Å². The molecule has 1 aliphatic rings. The molecule has 10 heavy (non-hydrogen) atoms. The van der Waals surface area contributed by atoms with Gasteiger partial charge in [-0.05, 0) is 0 Å². The summed E-state index contributed by atoms with van der Waals surface area (Å²) in [5.41, 5.74) is 0. The van der Waals surface area contributed by atoms with E-state index in [9.17, 15) is 0 Å². The van der Waals surface area contributed by atoms with Crippen molar-refractivity contribution in [1.29, 1.82) is 0 Å². The van der Waals surface area contributed by atoms with Gasteiger partial charge in [0.05, 0.1) is 0 Å². The molecule has 0 aromatic carbocycles. The number of rotatable bonds is 0. The minimum atomic E-state index is -0.136. The van der Waals surface area contributed by atoms with Crippen molar-refractivity contribution in [3.63, 3.8) is 0 Å². The number of hydrogen-bond donors (Lipinski definition) is 0. The van der Waals surface area contributed by atoms with Crippen molar-refractivity contribution in [3.8, 4) is 0 Å². The molecule has 5 heteroatoms. The van der Waals surface area contributed by atoms with Gasteiger partial charge >= 0.3 is 74.4 Å². The van der Waals surface area contributed by atoms with Crippen molar-refractivity contribution in [2.75, 3.05) is 0 Å². The molecule has 0 bridgehead atoms. The van der Waals surface area contributed by atoms with Crippen molar-refractivity contribution in [2.24, 2.45) is 0 Å². The first-order valence-corrected chi connectivity index (χ1v) is 4.99. The quantitative estimate of drug-likeness (QED) is 0.287. The van der Waals surface area contributed by atoms with E-state index in [0.717, 1.165) is 0 Å². The third-order valence-electron chi connectivity index (χ3n) is 0.683.